The molecule has 0 amide bonds. The van der Waals surface area contributed by atoms with Gasteiger partial charge >= 0.3 is 5.97 Å². The molecule has 2 nitrogen and oxygen atoms in total. The molecule has 0 heterocycles. The number of rotatable bonds is 8. The minimum absolute atomic E-state index is 0.0724. The zero-order valence-electron chi connectivity index (χ0n) is 14.8. The molecule has 0 aliphatic carbocycles. The first-order chi connectivity index (χ1) is 9.10. The van der Waals surface area contributed by atoms with E-state index in [2.05, 4.69) is 55.0 Å². The first-order valence-electron chi connectivity index (χ1n) is 7.99. The third-order valence-corrected chi connectivity index (χ3v) is 12.0. The van der Waals surface area contributed by atoms with E-state index < -0.39 is 8.32 Å². The number of hydrogen-bond acceptors (Lipinski definition) is 2. The SMILES string of the molecule is C=C(C)C(=O)O[Si](C(C)CC)(C(C)CC)C(C)(C)CC. The monoisotopic (exact) mass is 298 g/mol. The predicted octanol–water partition coefficient (Wildman–Crippen LogP) is 5.84. The predicted molar refractivity (Wildman–Crippen MR) is 90.4 cm³/mol. The number of hydrogen-bond donors (Lipinski definition) is 0. The third kappa shape index (κ3) is 3.54. The molecular weight excluding hydrogens is 264 g/mol. The molecule has 0 radical (unpaired) electrons. The van der Waals surface area contributed by atoms with Crippen LogP contribution in [0.2, 0.25) is 16.1 Å². The van der Waals surface area contributed by atoms with Crippen molar-refractivity contribution in [2.24, 2.45) is 0 Å². The molecule has 0 saturated carbocycles. The lowest BCUT2D eigenvalue weighted by atomic mass is 10.1. The molecule has 0 N–H and O–H groups in total. The number of carbonyl (C=O) groups excluding carboxylic acids is 1. The lowest BCUT2D eigenvalue weighted by Gasteiger charge is -2.50. The Hall–Kier alpha value is -0.573. The average molecular weight is 299 g/mol. The van der Waals surface area contributed by atoms with Crippen LogP contribution in [0.4, 0.5) is 0 Å². The van der Waals surface area contributed by atoms with E-state index in [1.54, 1.807) is 6.92 Å². The van der Waals surface area contributed by atoms with Crippen molar-refractivity contribution in [2.75, 3.05) is 0 Å². The van der Waals surface area contributed by atoms with E-state index >= 15 is 0 Å². The fraction of sp³-hybridized carbons (Fsp3) is 0.824. The van der Waals surface area contributed by atoms with Crippen LogP contribution in [0.15, 0.2) is 12.2 Å². The second-order valence-corrected chi connectivity index (χ2v) is 11.9. The van der Waals surface area contributed by atoms with Crippen LogP contribution < -0.4 is 0 Å². The minimum Gasteiger partial charge on any atom is -0.515 e. The fourth-order valence-electron chi connectivity index (χ4n) is 3.28. The second-order valence-electron chi connectivity index (χ2n) is 6.82. The first-order valence-corrected chi connectivity index (χ1v) is 10.1. The molecule has 20 heavy (non-hydrogen) atoms. The normalized spacial score (nSPS) is 18.0. The van der Waals surface area contributed by atoms with Crippen molar-refractivity contribution in [3.05, 3.63) is 12.2 Å². The highest BCUT2D eigenvalue weighted by molar-refractivity contribution is 6.80. The summed E-state index contributed by atoms with van der Waals surface area (Å²) in [7, 11) is -2.27. The molecule has 0 aromatic heterocycles. The summed E-state index contributed by atoms with van der Waals surface area (Å²) < 4.78 is 6.26. The standard InChI is InChI=1S/C17H34O2Si/c1-10-14(6)20(15(7)11-2,17(8,9)12-3)19-16(18)13(4)5/h14-15H,4,10-12H2,1-3,5-9H3. The Morgan fingerprint density at radius 1 is 1.15 bits per heavy atom. The highest BCUT2D eigenvalue weighted by Crippen LogP contribution is 2.55. The molecule has 0 bridgehead atoms. The molecule has 0 aliphatic heterocycles. The van der Waals surface area contributed by atoms with Crippen molar-refractivity contribution in [1.29, 1.82) is 0 Å². The van der Waals surface area contributed by atoms with Gasteiger partial charge in [-0.2, -0.15) is 0 Å². The van der Waals surface area contributed by atoms with Crippen LogP contribution in [0.5, 0.6) is 0 Å². The lowest BCUT2D eigenvalue weighted by molar-refractivity contribution is -0.131. The maximum atomic E-state index is 12.3. The highest BCUT2D eigenvalue weighted by Gasteiger charge is 2.57. The van der Waals surface area contributed by atoms with Crippen molar-refractivity contribution in [3.63, 3.8) is 0 Å². The Morgan fingerprint density at radius 3 is 1.80 bits per heavy atom. The summed E-state index contributed by atoms with van der Waals surface area (Å²) in [5.74, 6) is -0.196. The van der Waals surface area contributed by atoms with Crippen LogP contribution in [-0.4, -0.2) is 14.3 Å². The largest absolute Gasteiger partial charge is 0.515 e. The highest BCUT2D eigenvalue weighted by atomic mass is 28.4. The summed E-state index contributed by atoms with van der Waals surface area (Å²) >= 11 is 0. The van der Waals surface area contributed by atoms with E-state index in [0.29, 0.717) is 16.7 Å². The second kappa shape index (κ2) is 7.44. The fourth-order valence-corrected chi connectivity index (χ4v) is 9.85. The van der Waals surface area contributed by atoms with Gasteiger partial charge in [0.05, 0.1) is 0 Å². The van der Waals surface area contributed by atoms with Gasteiger partial charge in [0.2, 0.25) is 0 Å². The van der Waals surface area contributed by atoms with E-state index in [9.17, 15) is 4.79 Å². The summed E-state index contributed by atoms with van der Waals surface area (Å²) in [4.78, 5) is 12.3. The Bertz CT molecular complexity index is 337. The van der Waals surface area contributed by atoms with Gasteiger partial charge in [-0.25, -0.2) is 4.79 Å². The van der Waals surface area contributed by atoms with Crippen LogP contribution in [0, 0.1) is 0 Å². The first kappa shape index (κ1) is 19.4. The molecule has 0 fully saturated rings. The Kier molecular flexibility index (Phi) is 7.23. The molecule has 3 heteroatoms. The maximum Gasteiger partial charge on any atom is 0.319 e. The van der Waals surface area contributed by atoms with Crippen LogP contribution >= 0.6 is 0 Å². The molecule has 2 atom stereocenters. The summed E-state index contributed by atoms with van der Waals surface area (Å²) in [6.45, 7) is 21.2. The third-order valence-electron chi connectivity index (χ3n) is 5.24. The van der Waals surface area contributed by atoms with Gasteiger partial charge in [0.25, 0.3) is 8.32 Å². The van der Waals surface area contributed by atoms with E-state index in [-0.39, 0.29) is 11.0 Å². The lowest BCUT2D eigenvalue weighted by Crippen LogP contribution is -2.55. The van der Waals surface area contributed by atoms with Gasteiger partial charge in [-0.05, 0) is 23.0 Å². The van der Waals surface area contributed by atoms with Gasteiger partial charge in [-0.15, -0.1) is 0 Å². The molecule has 0 aromatic rings. The van der Waals surface area contributed by atoms with Gasteiger partial charge in [0, 0.05) is 5.57 Å². The van der Waals surface area contributed by atoms with E-state index in [1.807, 2.05) is 0 Å². The zero-order chi connectivity index (χ0) is 16.1. The summed E-state index contributed by atoms with van der Waals surface area (Å²) in [5, 5.41) is 0.0724. The van der Waals surface area contributed by atoms with Gasteiger partial charge in [0.15, 0.2) is 0 Å². The summed E-state index contributed by atoms with van der Waals surface area (Å²) in [5.41, 5.74) is 1.42. The van der Waals surface area contributed by atoms with Gasteiger partial charge in [-0.3, -0.25) is 0 Å². The topological polar surface area (TPSA) is 26.3 Å². The van der Waals surface area contributed by atoms with E-state index in [1.165, 1.54) is 0 Å². The summed E-state index contributed by atoms with van der Waals surface area (Å²) in [6.07, 6.45) is 3.16. The average Bonchev–Trinajstić information content (AvgIpc) is 2.42. The van der Waals surface area contributed by atoms with Crippen LogP contribution in [-0.2, 0) is 9.22 Å². The quantitative estimate of drug-likeness (QED) is 0.415. The smallest absolute Gasteiger partial charge is 0.319 e. The Balaban J connectivity index is 5.93. The molecule has 0 rings (SSSR count). The molecule has 0 saturated heterocycles. The molecule has 0 aliphatic rings. The van der Waals surface area contributed by atoms with Crippen LogP contribution in [0.1, 0.15) is 74.7 Å². The maximum absolute atomic E-state index is 12.3. The minimum atomic E-state index is -2.27. The van der Waals surface area contributed by atoms with Crippen LogP contribution in [0.3, 0.4) is 0 Å². The Morgan fingerprint density at radius 2 is 1.55 bits per heavy atom. The molecule has 2 unspecified atom stereocenters. The molecule has 118 valence electrons. The molecular formula is C17H34O2Si. The van der Waals surface area contributed by atoms with Gasteiger partial charge in [0.1, 0.15) is 0 Å². The summed E-state index contributed by atoms with van der Waals surface area (Å²) in [6, 6.07) is 0. The van der Waals surface area contributed by atoms with Crippen molar-refractivity contribution in [2.45, 2.75) is 90.8 Å². The molecule has 0 aromatic carbocycles. The van der Waals surface area contributed by atoms with Crippen LogP contribution in [0.25, 0.3) is 0 Å². The van der Waals surface area contributed by atoms with E-state index in [4.69, 9.17) is 4.43 Å². The van der Waals surface area contributed by atoms with Crippen molar-refractivity contribution in [3.8, 4) is 0 Å². The number of carbonyl (C=O) groups is 1. The Labute approximate surface area is 127 Å². The van der Waals surface area contributed by atoms with Crippen molar-refractivity contribution >= 4 is 14.3 Å². The zero-order valence-corrected chi connectivity index (χ0v) is 15.8. The van der Waals surface area contributed by atoms with Crippen molar-refractivity contribution in [1.82, 2.24) is 0 Å². The van der Waals surface area contributed by atoms with Gasteiger partial charge < -0.3 is 4.43 Å². The van der Waals surface area contributed by atoms with Gasteiger partial charge in [-0.1, -0.05) is 74.3 Å². The molecule has 0 spiro atoms. The van der Waals surface area contributed by atoms with E-state index in [0.717, 1.165) is 19.3 Å². The van der Waals surface area contributed by atoms with Crippen molar-refractivity contribution < 1.29 is 9.22 Å².